The molecule has 1 aliphatic heterocycles. The average Bonchev–Trinajstić information content (AvgIpc) is 3.21. The van der Waals surface area contributed by atoms with Gasteiger partial charge in [0.25, 0.3) is 5.91 Å². The van der Waals surface area contributed by atoms with Crippen LogP contribution in [-0.2, 0) is 4.79 Å². The molecule has 0 N–H and O–H groups in total. The monoisotopic (exact) mass is 344 g/mol. The van der Waals surface area contributed by atoms with Crippen molar-refractivity contribution in [1.82, 2.24) is 4.98 Å². The number of thiazole rings is 1. The molecule has 3 nitrogen and oxygen atoms in total. The maximum atomic E-state index is 12.6. The number of para-hydroxylation sites is 1. The van der Waals surface area contributed by atoms with E-state index in [0.29, 0.717) is 15.1 Å². The Morgan fingerprint density at radius 1 is 1.27 bits per heavy atom. The zero-order valence-corrected chi connectivity index (χ0v) is 14.0. The summed E-state index contributed by atoms with van der Waals surface area (Å²) in [6.45, 7) is 0. The highest BCUT2D eigenvalue weighted by Crippen LogP contribution is 2.42. The van der Waals surface area contributed by atoms with Gasteiger partial charge in [-0.1, -0.05) is 42.2 Å². The van der Waals surface area contributed by atoms with Gasteiger partial charge in [-0.05, 0) is 31.1 Å². The van der Waals surface area contributed by atoms with Crippen LogP contribution in [0.2, 0.25) is 0 Å². The Labute approximate surface area is 142 Å². The lowest BCUT2D eigenvalue weighted by atomic mass is 10.3. The molecule has 110 valence electrons. The smallest absolute Gasteiger partial charge is 0.268 e. The van der Waals surface area contributed by atoms with Gasteiger partial charge in [0.2, 0.25) is 0 Å². The first-order valence-corrected chi connectivity index (χ1v) is 9.11. The number of carbonyl (C=O) groups is 1. The summed E-state index contributed by atoms with van der Waals surface area (Å²) in [5.41, 5.74) is 1.67. The summed E-state index contributed by atoms with van der Waals surface area (Å²) < 4.78 is 0.570. The largest absolute Gasteiger partial charge is 0.270 e. The van der Waals surface area contributed by atoms with Crippen molar-refractivity contribution < 1.29 is 4.79 Å². The molecular formula is C16H12N2OS3. The highest BCUT2D eigenvalue weighted by Gasteiger charge is 2.33. The fourth-order valence-corrected chi connectivity index (χ4v) is 4.52. The minimum atomic E-state index is -0.0674. The second kappa shape index (κ2) is 5.61. The molecule has 2 heterocycles. The van der Waals surface area contributed by atoms with Crippen LogP contribution in [-0.4, -0.2) is 15.2 Å². The van der Waals surface area contributed by atoms with Gasteiger partial charge in [-0.3, -0.25) is 9.69 Å². The van der Waals surface area contributed by atoms with E-state index in [9.17, 15) is 4.79 Å². The molecule has 22 heavy (non-hydrogen) atoms. The van der Waals surface area contributed by atoms with Crippen molar-refractivity contribution in [3.63, 3.8) is 0 Å². The number of thiocarbonyl (C=S) groups is 1. The van der Waals surface area contributed by atoms with Gasteiger partial charge in [-0.15, -0.1) is 11.3 Å². The van der Waals surface area contributed by atoms with E-state index in [0.717, 1.165) is 11.4 Å². The second-order valence-electron chi connectivity index (χ2n) is 5.24. The quantitative estimate of drug-likeness (QED) is 0.609. The van der Waals surface area contributed by atoms with Crippen LogP contribution >= 0.6 is 35.3 Å². The van der Waals surface area contributed by atoms with E-state index in [2.05, 4.69) is 4.98 Å². The number of aromatic nitrogens is 1. The van der Waals surface area contributed by atoms with Crippen LogP contribution in [0.4, 0.5) is 5.69 Å². The highest BCUT2D eigenvalue weighted by atomic mass is 32.2. The van der Waals surface area contributed by atoms with Crippen LogP contribution in [0.1, 0.15) is 29.5 Å². The van der Waals surface area contributed by atoms with Gasteiger partial charge in [-0.2, -0.15) is 0 Å². The minimum Gasteiger partial charge on any atom is -0.268 e. The number of benzene rings is 1. The van der Waals surface area contributed by atoms with E-state index in [1.807, 2.05) is 41.8 Å². The van der Waals surface area contributed by atoms with Crippen LogP contribution in [0.25, 0.3) is 6.08 Å². The van der Waals surface area contributed by atoms with Crippen LogP contribution in [0.15, 0.2) is 40.6 Å². The standard InChI is InChI=1S/C16H12N2OS3/c19-15-13(8-11-9-21-14(17-11)10-6-7-10)22-16(20)18(15)12-4-2-1-3-5-12/h1-5,8-10H,6-7H2. The molecule has 1 amide bonds. The predicted octanol–water partition coefficient (Wildman–Crippen LogP) is 4.43. The molecule has 4 rings (SSSR count). The number of anilines is 1. The molecule has 1 aliphatic carbocycles. The Hall–Kier alpha value is -1.50. The number of nitrogens with zero attached hydrogens (tertiary/aromatic N) is 2. The molecule has 1 aromatic carbocycles. The lowest BCUT2D eigenvalue weighted by molar-refractivity contribution is -0.113. The van der Waals surface area contributed by atoms with E-state index in [-0.39, 0.29) is 5.91 Å². The summed E-state index contributed by atoms with van der Waals surface area (Å²) in [5, 5.41) is 3.20. The van der Waals surface area contributed by atoms with Crippen molar-refractivity contribution in [2.75, 3.05) is 4.90 Å². The SMILES string of the molecule is O=C1C(=Cc2csc(C3CC3)n2)SC(=S)N1c1ccccc1. The minimum absolute atomic E-state index is 0.0674. The number of rotatable bonds is 3. The normalized spacial score (nSPS) is 20.2. The first-order chi connectivity index (χ1) is 10.7. The van der Waals surface area contributed by atoms with E-state index < -0.39 is 0 Å². The predicted molar refractivity (Wildman–Crippen MR) is 96.2 cm³/mol. The molecule has 1 saturated heterocycles. The third-order valence-electron chi connectivity index (χ3n) is 3.55. The third kappa shape index (κ3) is 2.62. The molecule has 6 heteroatoms. The van der Waals surface area contributed by atoms with E-state index in [1.165, 1.54) is 29.6 Å². The van der Waals surface area contributed by atoms with Gasteiger partial charge in [0.1, 0.15) is 0 Å². The van der Waals surface area contributed by atoms with Crippen molar-refractivity contribution >= 4 is 57.3 Å². The Morgan fingerprint density at radius 2 is 2.05 bits per heavy atom. The Bertz CT molecular complexity index is 778. The Kier molecular flexibility index (Phi) is 3.60. The summed E-state index contributed by atoms with van der Waals surface area (Å²) in [6.07, 6.45) is 4.33. The molecule has 2 aromatic rings. The first kappa shape index (κ1) is 14.1. The Balaban J connectivity index is 1.61. The Morgan fingerprint density at radius 3 is 2.77 bits per heavy atom. The zero-order chi connectivity index (χ0) is 15.1. The number of hydrogen-bond acceptors (Lipinski definition) is 5. The molecule has 2 fully saturated rings. The molecule has 1 saturated carbocycles. The maximum Gasteiger partial charge on any atom is 0.270 e. The average molecular weight is 344 g/mol. The van der Waals surface area contributed by atoms with Crippen LogP contribution in [0, 0.1) is 0 Å². The van der Waals surface area contributed by atoms with Crippen molar-refractivity contribution in [1.29, 1.82) is 0 Å². The maximum absolute atomic E-state index is 12.6. The molecule has 0 atom stereocenters. The van der Waals surface area contributed by atoms with E-state index >= 15 is 0 Å². The highest BCUT2D eigenvalue weighted by molar-refractivity contribution is 8.27. The van der Waals surface area contributed by atoms with Gasteiger partial charge in [0, 0.05) is 11.3 Å². The van der Waals surface area contributed by atoms with Crippen molar-refractivity contribution in [2.24, 2.45) is 0 Å². The van der Waals surface area contributed by atoms with Crippen LogP contribution in [0.3, 0.4) is 0 Å². The second-order valence-corrected chi connectivity index (χ2v) is 7.80. The molecule has 1 aromatic heterocycles. The lowest BCUT2D eigenvalue weighted by Gasteiger charge is -2.13. The van der Waals surface area contributed by atoms with Crippen molar-refractivity contribution in [3.8, 4) is 0 Å². The van der Waals surface area contributed by atoms with Gasteiger partial charge in [0.15, 0.2) is 4.32 Å². The number of thioether (sulfide) groups is 1. The fourth-order valence-electron chi connectivity index (χ4n) is 2.29. The van der Waals surface area contributed by atoms with Gasteiger partial charge in [-0.25, -0.2) is 4.98 Å². The van der Waals surface area contributed by atoms with E-state index in [1.54, 1.807) is 16.2 Å². The molecule has 0 bridgehead atoms. The number of amides is 1. The topological polar surface area (TPSA) is 33.2 Å². The summed E-state index contributed by atoms with van der Waals surface area (Å²) in [5.74, 6) is 0.577. The van der Waals surface area contributed by atoms with Crippen molar-refractivity contribution in [3.05, 3.63) is 51.3 Å². The van der Waals surface area contributed by atoms with Gasteiger partial charge >= 0.3 is 0 Å². The zero-order valence-electron chi connectivity index (χ0n) is 11.6. The molecular weight excluding hydrogens is 332 g/mol. The molecule has 0 unspecified atom stereocenters. The third-order valence-corrected chi connectivity index (χ3v) is 5.88. The summed E-state index contributed by atoms with van der Waals surface area (Å²) in [6, 6.07) is 9.51. The molecule has 0 radical (unpaired) electrons. The van der Waals surface area contributed by atoms with Crippen LogP contribution < -0.4 is 4.90 Å². The molecule has 0 spiro atoms. The fraction of sp³-hybridized carbons (Fsp3) is 0.188. The first-order valence-electron chi connectivity index (χ1n) is 7.01. The van der Waals surface area contributed by atoms with Crippen LogP contribution in [0.5, 0.6) is 0 Å². The summed E-state index contributed by atoms with van der Waals surface area (Å²) in [4.78, 5) is 19.4. The van der Waals surface area contributed by atoms with Gasteiger partial charge in [0.05, 0.1) is 21.3 Å². The van der Waals surface area contributed by atoms with Gasteiger partial charge < -0.3 is 0 Å². The number of carbonyl (C=O) groups excluding carboxylic acids is 1. The van der Waals surface area contributed by atoms with Crippen molar-refractivity contribution in [2.45, 2.75) is 18.8 Å². The lowest BCUT2D eigenvalue weighted by Crippen LogP contribution is -2.27. The summed E-state index contributed by atoms with van der Waals surface area (Å²) >= 11 is 8.38. The summed E-state index contributed by atoms with van der Waals surface area (Å²) in [7, 11) is 0. The van der Waals surface area contributed by atoms with E-state index in [4.69, 9.17) is 12.2 Å². The molecule has 2 aliphatic rings. The number of hydrogen-bond donors (Lipinski definition) is 0.